The molecule has 0 aliphatic heterocycles. The molecular formula is C17H15BrN2O. The third-order valence-electron chi connectivity index (χ3n) is 3.30. The second-order valence-corrected chi connectivity index (χ2v) is 5.74. The molecular weight excluding hydrogens is 328 g/mol. The van der Waals surface area contributed by atoms with Crippen molar-refractivity contribution < 1.29 is 4.42 Å². The summed E-state index contributed by atoms with van der Waals surface area (Å²) in [7, 11) is 0. The number of rotatable bonds is 4. The second-order valence-electron chi connectivity index (χ2n) is 4.88. The third-order valence-corrected chi connectivity index (χ3v) is 4.19. The molecule has 3 rings (SSSR count). The van der Waals surface area contributed by atoms with Gasteiger partial charge in [0.2, 0.25) is 0 Å². The van der Waals surface area contributed by atoms with E-state index >= 15 is 0 Å². The molecule has 0 fully saturated rings. The molecule has 3 aromatic rings. The molecule has 0 amide bonds. The minimum Gasteiger partial charge on any atom is -0.444 e. The lowest BCUT2D eigenvalue weighted by Crippen LogP contribution is -1.99. The summed E-state index contributed by atoms with van der Waals surface area (Å²) >= 11 is 3.52. The third kappa shape index (κ3) is 3.34. The molecule has 0 unspecified atom stereocenters. The maximum atomic E-state index is 5.32. The number of hydrogen-bond donors (Lipinski definition) is 1. The van der Waals surface area contributed by atoms with E-state index in [1.165, 1.54) is 17.5 Å². The number of benzene rings is 2. The Bertz CT molecular complexity index is 738. The van der Waals surface area contributed by atoms with Gasteiger partial charge in [-0.1, -0.05) is 40.2 Å². The van der Waals surface area contributed by atoms with E-state index in [4.69, 9.17) is 4.42 Å². The lowest BCUT2D eigenvalue weighted by atomic mass is 10.1. The molecule has 2 aromatic carbocycles. The quantitative estimate of drug-likeness (QED) is 0.722. The Balaban J connectivity index is 1.73. The topological polar surface area (TPSA) is 38.1 Å². The van der Waals surface area contributed by atoms with Crippen LogP contribution in [0, 0.1) is 6.92 Å². The molecule has 21 heavy (non-hydrogen) atoms. The Morgan fingerprint density at radius 3 is 2.86 bits per heavy atom. The van der Waals surface area contributed by atoms with E-state index in [9.17, 15) is 0 Å². The molecule has 3 nitrogen and oxygen atoms in total. The van der Waals surface area contributed by atoms with E-state index in [-0.39, 0.29) is 0 Å². The van der Waals surface area contributed by atoms with Crippen molar-refractivity contribution in [2.45, 2.75) is 13.5 Å². The molecule has 0 spiro atoms. The fourth-order valence-corrected chi connectivity index (χ4v) is 2.41. The summed E-state index contributed by atoms with van der Waals surface area (Å²) in [5.41, 5.74) is 4.57. The molecule has 106 valence electrons. The van der Waals surface area contributed by atoms with E-state index in [2.05, 4.69) is 57.4 Å². The summed E-state index contributed by atoms with van der Waals surface area (Å²) in [6.07, 6.45) is 3.16. The highest BCUT2D eigenvalue weighted by atomic mass is 79.9. The number of hydrogen-bond acceptors (Lipinski definition) is 3. The molecule has 0 aliphatic rings. The molecule has 1 aromatic heterocycles. The first kappa shape index (κ1) is 13.9. The van der Waals surface area contributed by atoms with Crippen LogP contribution in [0.2, 0.25) is 0 Å². The first-order valence-electron chi connectivity index (χ1n) is 6.70. The average molecular weight is 343 g/mol. The minimum atomic E-state index is 0.776. The highest BCUT2D eigenvalue weighted by Gasteiger charge is 2.03. The summed E-state index contributed by atoms with van der Waals surface area (Å²) in [4.78, 5) is 3.95. The van der Waals surface area contributed by atoms with Gasteiger partial charge >= 0.3 is 0 Å². The number of halogens is 1. The Morgan fingerprint density at radius 1 is 1.19 bits per heavy atom. The van der Waals surface area contributed by atoms with Gasteiger partial charge in [-0.05, 0) is 36.2 Å². The maximum absolute atomic E-state index is 5.32. The van der Waals surface area contributed by atoms with Gasteiger partial charge in [0.1, 0.15) is 0 Å². The van der Waals surface area contributed by atoms with E-state index < -0.39 is 0 Å². The zero-order chi connectivity index (χ0) is 14.7. The molecule has 0 radical (unpaired) electrons. The van der Waals surface area contributed by atoms with Gasteiger partial charge in [0.15, 0.2) is 12.2 Å². The van der Waals surface area contributed by atoms with Crippen molar-refractivity contribution in [1.29, 1.82) is 0 Å². The zero-order valence-electron chi connectivity index (χ0n) is 11.6. The van der Waals surface area contributed by atoms with Gasteiger partial charge in [0.05, 0.1) is 6.20 Å². The van der Waals surface area contributed by atoms with Gasteiger partial charge in [0, 0.05) is 22.3 Å². The van der Waals surface area contributed by atoms with Crippen LogP contribution in [0.15, 0.2) is 63.9 Å². The SMILES string of the molecule is Cc1cc(CNc2cccc(-c3cnco3)c2)ccc1Br. The first-order valence-corrected chi connectivity index (χ1v) is 7.49. The smallest absolute Gasteiger partial charge is 0.181 e. The van der Waals surface area contributed by atoms with E-state index in [0.717, 1.165) is 28.0 Å². The van der Waals surface area contributed by atoms with Crippen LogP contribution in [0.25, 0.3) is 11.3 Å². The Kier molecular flexibility index (Phi) is 4.06. The molecule has 0 bridgehead atoms. The fourth-order valence-electron chi connectivity index (χ4n) is 2.16. The van der Waals surface area contributed by atoms with E-state index in [1.54, 1.807) is 6.20 Å². The van der Waals surface area contributed by atoms with Crippen LogP contribution in [0.5, 0.6) is 0 Å². The highest BCUT2D eigenvalue weighted by molar-refractivity contribution is 9.10. The predicted molar refractivity (Wildman–Crippen MR) is 88.1 cm³/mol. The molecule has 0 saturated heterocycles. The number of oxazole rings is 1. The van der Waals surface area contributed by atoms with Crippen LogP contribution >= 0.6 is 15.9 Å². The Morgan fingerprint density at radius 2 is 2.10 bits per heavy atom. The first-order chi connectivity index (χ1) is 10.2. The lowest BCUT2D eigenvalue weighted by molar-refractivity contribution is 0.572. The molecule has 0 atom stereocenters. The van der Waals surface area contributed by atoms with Crippen LogP contribution in [0.3, 0.4) is 0 Å². The zero-order valence-corrected chi connectivity index (χ0v) is 13.2. The number of nitrogens with zero attached hydrogens (tertiary/aromatic N) is 1. The number of anilines is 1. The molecule has 0 aliphatic carbocycles. The maximum Gasteiger partial charge on any atom is 0.181 e. The Labute approximate surface area is 132 Å². The predicted octanol–water partition coefficient (Wildman–Crippen LogP) is 5.02. The van der Waals surface area contributed by atoms with Crippen LogP contribution in [0.1, 0.15) is 11.1 Å². The molecule has 1 heterocycles. The lowest BCUT2D eigenvalue weighted by Gasteiger charge is -2.09. The number of aromatic nitrogens is 1. The number of aryl methyl sites for hydroxylation is 1. The summed E-state index contributed by atoms with van der Waals surface area (Å²) in [5, 5.41) is 3.43. The average Bonchev–Trinajstić information content (AvgIpc) is 3.03. The minimum absolute atomic E-state index is 0.776. The second kappa shape index (κ2) is 6.14. The van der Waals surface area contributed by atoms with Crippen LogP contribution < -0.4 is 5.32 Å². The van der Waals surface area contributed by atoms with Gasteiger partial charge in [0.25, 0.3) is 0 Å². The van der Waals surface area contributed by atoms with Crippen molar-refractivity contribution in [2.75, 3.05) is 5.32 Å². The van der Waals surface area contributed by atoms with Crippen LogP contribution in [0.4, 0.5) is 5.69 Å². The van der Waals surface area contributed by atoms with Gasteiger partial charge in [-0.15, -0.1) is 0 Å². The van der Waals surface area contributed by atoms with Crippen molar-refractivity contribution >= 4 is 21.6 Å². The van der Waals surface area contributed by atoms with Crippen molar-refractivity contribution in [3.05, 3.63) is 70.7 Å². The largest absolute Gasteiger partial charge is 0.444 e. The van der Waals surface area contributed by atoms with Gasteiger partial charge in [-0.3, -0.25) is 0 Å². The van der Waals surface area contributed by atoms with Gasteiger partial charge in [-0.2, -0.15) is 0 Å². The van der Waals surface area contributed by atoms with Crippen LogP contribution in [-0.4, -0.2) is 4.98 Å². The number of nitrogens with one attached hydrogen (secondary N) is 1. The standard InChI is InChI=1S/C17H15BrN2O/c1-12-7-13(5-6-16(12)18)9-20-15-4-2-3-14(8-15)17-10-19-11-21-17/h2-8,10-11,20H,9H2,1H3. The summed E-state index contributed by atoms with van der Waals surface area (Å²) in [6, 6.07) is 14.5. The summed E-state index contributed by atoms with van der Waals surface area (Å²) < 4.78 is 6.46. The van der Waals surface area contributed by atoms with E-state index in [1.807, 2.05) is 18.2 Å². The molecule has 1 N–H and O–H groups in total. The summed E-state index contributed by atoms with van der Waals surface area (Å²) in [5.74, 6) is 0.776. The van der Waals surface area contributed by atoms with Crippen molar-refractivity contribution in [2.24, 2.45) is 0 Å². The monoisotopic (exact) mass is 342 g/mol. The van der Waals surface area contributed by atoms with Crippen molar-refractivity contribution in [1.82, 2.24) is 4.98 Å². The van der Waals surface area contributed by atoms with Gasteiger partial charge in [-0.25, -0.2) is 4.98 Å². The highest BCUT2D eigenvalue weighted by Crippen LogP contribution is 2.23. The Hall–Kier alpha value is -2.07. The van der Waals surface area contributed by atoms with Crippen LogP contribution in [-0.2, 0) is 6.54 Å². The normalized spacial score (nSPS) is 10.6. The van der Waals surface area contributed by atoms with Crippen molar-refractivity contribution in [3.63, 3.8) is 0 Å². The van der Waals surface area contributed by atoms with Crippen molar-refractivity contribution in [3.8, 4) is 11.3 Å². The fraction of sp³-hybridized carbons (Fsp3) is 0.118. The summed E-state index contributed by atoms with van der Waals surface area (Å²) in [6.45, 7) is 2.88. The molecule has 0 saturated carbocycles. The van der Waals surface area contributed by atoms with E-state index in [0.29, 0.717) is 0 Å². The molecule has 4 heteroatoms. The van der Waals surface area contributed by atoms with Gasteiger partial charge < -0.3 is 9.73 Å².